The second-order valence-corrected chi connectivity index (χ2v) is 11.3. The molecule has 8 nitrogen and oxygen atoms in total. The lowest BCUT2D eigenvalue weighted by atomic mass is 9.88. The average molecular weight is 648 g/mol. The number of nitrogens with zero attached hydrogens (tertiary/aromatic N) is 3. The van der Waals surface area contributed by atoms with E-state index in [9.17, 15) is 14.0 Å². The first-order chi connectivity index (χ1) is 20.9. The number of nitrogens with one attached hydrogen (secondary N) is 1. The number of rotatable bonds is 10. The van der Waals surface area contributed by atoms with Crippen molar-refractivity contribution in [1.29, 1.82) is 0 Å². The van der Waals surface area contributed by atoms with Crippen molar-refractivity contribution in [3.8, 4) is 11.5 Å². The van der Waals surface area contributed by atoms with Gasteiger partial charge >= 0.3 is 0 Å². The molecule has 10 heteroatoms. The summed E-state index contributed by atoms with van der Waals surface area (Å²) < 4.78 is 27.6. The second kappa shape index (κ2) is 13.8. The zero-order chi connectivity index (χ0) is 30.3. The van der Waals surface area contributed by atoms with Crippen molar-refractivity contribution in [2.24, 2.45) is 5.10 Å². The predicted molar refractivity (Wildman–Crippen MR) is 170 cm³/mol. The molecule has 0 unspecified atom stereocenters. The van der Waals surface area contributed by atoms with Crippen molar-refractivity contribution in [3.63, 3.8) is 0 Å². The lowest BCUT2D eigenvalue weighted by Crippen LogP contribution is -2.25. The van der Waals surface area contributed by atoms with E-state index >= 15 is 0 Å². The molecule has 0 atom stereocenters. The molecule has 3 aromatic carbocycles. The maximum atomic E-state index is 14.0. The molecule has 0 saturated heterocycles. The summed E-state index contributed by atoms with van der Waals surface area (Å²) >= 11 is 3.46. The number of hydrogen-bond donors (Lipinski definition) is 1. The number of aromatic nitrogens is 2. The topological polar surface area (TPSA) is 94.8 Å². The summed E-state index contributed by atoms with van der Waals surface area (Å²) in [4.78, 5) is 31.1. The van der Waals surface area contributed by atoms with Crippen LogP contribution in [0.1, 0.15) is 55.0 Å². The minimum Gasteiger partial charge on any atom is -0.493 e. The van der Waals surface area contributed by atoms with Crippen LogP contribution in [0.4, 0.5) is 10.1 Å². The van der Waals surface area contributed by atoms with E-state index in [1.165, 1.54) is 30.3 Å². The molecule has 1 fully saturated rings. The Bertz CT molecular complexity index is 1750. The van der Waals surface area contributed by atoms with Crippen molar-refractivity contribution < 1.29 is 18.7 Å². The number of carbonyl (C=O) groups is 1. The quantitative estimate of drug-likeness (QED) is 0.148. The molecule has 1 aliphatic rings. The highest BCUT2D eigenvalue weighted by atomic mass is 79.9. The number of allylic oxidation sites excluding steroid dienone is 1. The van der Waals surface area contributed by atoms with Gasteiger partial charge in [-0.1, -0.05) is 53.4 Å². The Balaban J connectivity index is 1.47. The maximum Gasteiger partial charge on any atom is 0.282 e. The van der Waals surface area contributed by atoms with Gasteiger partial charge in [0.2, 0.25) is 0 Å². The van der Waals surface area contributed by atoms with Crippen molar-refractivity contribution >= 4 is 44.6 Å². The smallest absolute Gasteiger partial charge is 0.282 e. The van der Waals surface area contributed by atoms with Gasteiger partial charge in [0.15, 0.2) is 18.1 Å². The number of benzene rings is 3. The first-order valence-electron chi connectivity index (χ1n) is 14.1. The Kier molecular flexibility index (Phi) is 9.66. The number of anilines is 1. The van der Waals surface area contributed by atoms with E-state index in [0.717, 1.165) is 30.2 Å². The molecule has 1 aliphatic carbocycles. The highest BCUT2D eigenvalue weighted by Gasteiger charge is 2.23. The molecule has 5 rings (SSSR count). The first-order valence-corrected chi connectivity index (χ1v) is 14.9. The summed E-state index contributed by atoms with van der Waals surface area (Å²) in [5.74, 6) is 0.482. The third-order valence-electron chi connectivity index (χ3n) is 7.36. The number of carbonyl (C=O) groups excluding carboxylic acids is 1. The molecule has 0 spiro atoms. The minimum atomic E-state index is -0.538. The Hall–Kier alpha value is -4.31. The molecular formula is C33H32BrFN4O4. The van der Waals surface area contributed by atoms with E-state index in [4.69, 9.17) is 14.5 Å². The Morgan fingerprint density at radius 2 is 1.98 bits per heavy atom. The van der Waals surface area contributed by atoms with Crippen LogP contribution in [0.3, 0.4) is 0 Å². The number of fused-ring (bicyclic) bond motifs is 1. The molecule has 222 valence electrons. The first kappa shape index (κ1) is 30.2. The second-order valence-electron chi connectivity index (χ2n) is 10.3. The van der Waals surface area contributed by atoms with Crippen LogP contribution in [-0.4, -0.2) is 35.5 Å². The summed E-state index contributed by atoms with van der Waals surface area (Å²) in [5, 5.41) is 7.64. The van der Waals surface area contributed by atoms with Crippen molar-refractivity contribution in [2.45, 2.75) is 44.4 Å². The molecule has 1 amide bonds. The fourth-order valence-corrected chi connectivity index (χ4v) is 5.66. The monoisotopic (exact) mass is 646 g/mol. The fraction of sp³-hybridized carbons (Fsp3) is 0.273. The van der Waals surface area contributed by atoms with Crippen LogP contribution in [0.5, 0.6) is 11.5 Å². The summed E-state index contributed by atoms with van der Waals surface area (Å²) in [6.45, 7) is 3.48. The standard InChI is InChI=1S/C33H32BrFN4O4/c1-3-9-23-16-21(17-29(42-2)31(23)43-20-30(40)37-28-13-8-7-12-26(28)35)19-36-39-32(22-10-5-4-6-11-22)38-27-15-14-24(34)18-25(27)33(39)41/h3,7-8,12-19,22H,1,4-6,9-11,20H2,2H3,(H,37,40). The third kappa shape index (κ3) is 7.02. The van der Waals surface area contributed by atoms with E-state index in [2.05, 4.69) is 32.9 Å². The summed E-state index contributed by atoms with van der Waals surface area (Å²) in [6, 6.07) is 15.0. The zero-order valence-corrected chi connectivity index (χ0v) is 25.4. The van der Waals surface area contributed by atoms with Crippen molar-refractivity contribution in [1.82, 2.24) is 9.66 Å². The van der Waals surface area contributed by atoms with Crippen LogP contribution in [0.15, 0.2) is 81.6 Å². The summed E-state index contributed by atoms with van der Waals surface area (Å²) in [6.07, 6.45) is 8.99. The van der Waals surface area contributed by atoms with E-state index in [1.807, 2.05) is 18.2 Å². The number of ether oxygens (including phenoxy) is 2. The van der Waals surface area contributed by atoms with Crippen LogP contribution in [0.2, 0.25) is 0 Å². The van der Waals surface area contributed by atoms with E-state index in [-0.39, 0.29) is 23.8 Å². The van der Waals surface area contributed by atoms with Crippen LogP contribution in [0, 0.1) is 5.82 Å². The highest BCUT2D eigenvalue weighted by molar-refractivity contribution is 9.10. The van der Waals surface area contributed by atoms with Gasteiger partial charge in [0.05, 0.1) is 29.9 Å². The molecular weight excluding hydrogens is 615 g/mol. The van der Waals surface area contributed by atoms with Gasteiger partial charge in [-0.25, -0.2) is 9.37 Å². The summed E-state index contributed by atoms with van der Waals surface area (Å²) in [7, 11) is 1.50. The number of amides is 1. The Morgan fingerprint density at radius 1 is 1.19 bits per heavy atom. The molecule has 1 aromatic heterocycles. The Morgan fingerprint density at radius 3 is 2.72 bits per heavy atom. The number of para-hydroxylation sites is 1. The molecule has 1 heterocycles. The molecule has 4 aromatic rings. The lowest BCUT2D eigenvalue weighted by Gasteiger charge is -2.22. The van der Waals surface area contributed by atoms with Gasteiger partial charge in [-0.2, -0.15) is 9.78 Å². The van der Waals surface area contributed by atoms with E-state index in [1.54, 1.807) is 36.6 Å². The molecule has 1 saturated carbocycles. The zero-order valence-electron chi connectivity index (χ0n) is 23.8. The van der Waals surface area contributed by atoms with Gasteiger partial charge in [-0.3, -0.25) is 9.59 Å². The molecule has 1 N–H and O–H groups in total. The van der Waals surface area contributed by atoms with Crippen LogP contribution in [-0.2, 0) is 11.2 Å². The van der Waals surface area contributed by atoms with Gasteiger partial charge < -0.3 is 14.8 Å². The minimum absolute atomic E-state index is 0.0688. The average Bonchev–Trinajstić information content (AvgIpc) is 3.01. The van der Waals surface area contributed by atoms with Gasteiger partial charge in [-0.05, 0) is 67.3 Å². The van der Waals surface area contributed by atoms with Crippen LogP contribution >= 0.6 is 15.9 Å². The third-order valence-corrected chi connectivity index (χ3v) is 7.85. The molecule has 0 radical (unpaired) electrons. The van der Waals surface area contributed by atoms with E-state index < -0.39 is 11.7 Å². The highest BCUT2D eigenvalue weighted by Crippen LogP contribution is 2.34. The number of methoxy groups -OCH3 is 1. The van der Waals surface area contributed by atoms with Gasteiger partial charge in [0.25, 0.3) is 11.5 Å². The lowest BCUT2D eigenvalue weighted by molar-refractivity contribution is -0.118. The predicted octanol–water partition coefficient (Wildman–Crippen LogP) is 6.98. The molecule has 0 bridgehead atoms. The maximum absolute atomic E-state index is 14.0. The number of halogens is 2. The normalized spacial score (nSPS) is 13.7. The van der Waals surface area contributed by atoms with Gasteiger partial charge in [0, 0.05) is 16.0 Å². The van der Waals surface area contributed by atoms with Crippen LogP contribution in [0.25, 0.3) is 10.9 Å². The fourth-order valence-electron chi connectivity index (χ4n) is 5.29. The largest absolute Gasteiger partial charge is 0.493 e. The molecule has 43 heavy (non-hydrogen) atoms. The van der Waals surface area contributed by atoms with Crippen molar-refractivity contribution in [2.75, 3.05) is 19.0 Å². The van der Waals surface area contributed by atoms with Crippen LogP contribution < -0.4 is 20.3 Å². The summed E-state index contributed by atoms with van der Waals surface area (Å²) in [5.41, 5.74) is 1.85. The van der Waals surface area contributed by atoms with Gasteiger partial charge in [0.1, 0.15) is 11.6 Å². The van der Waals surface area contributed by atoms with Gasteiger partial charge in [-0.15, -0.1) is 6.58 Å². The number of hydrogen-bond acceptors (Lipinski definition) is 6. The molecule has 0 aliphatic heterocycles. The van der Waals surface area contributed by atoms with Crippen molar-refractivity contribution in [3.05, 3.63) is 105 Å². The SMILES string of the molecule is C=CCc1cc(C=Nn2c(C3CCCCC3)nc3ccc(Br)cc3c2=O)cc(OC)c1OCC(=O)Nc1ccccc1F. The van der Waals surface area contributed by atoms with E-state index in [0.29, 0.717) is 45.8 Å². The Labute approximate surface area is 257 Å².